The second-order valence-corrected chi connectivity index (χ2v) is 11.8. The SMILES string of the molecule is CC(C)C(O)CC[C@@H](C)[C@H]1CC[C@H]2[C@@H]3CCC4C=CC=C[C@]4(C)[C@H]3CC[C@]12C. The van der Waals surface area contributed by atoms with Crippen molar-refractivity contribution in [2.45, 2.75) is 92.1 Å². The first-order chi connectivity index (χ1) is 13.3. The predicted octanol–water partition coefficient (Wildman–Crippen LogP) is 7.02. The molecule has 0 saturated heterocycles. The van der Waals surface area contributed by atoms with Crippen molar-refractivity contribution < 1.29 is 5.11 Å². The molecule has 9 atom stereocenters. The lowest BCUT2D eigenvalue weighted by molar-refractivity contribution is -0.0739. The molecule has 0 aromatic carbocycles. The molecular formula is C27H44O. The van der Waals surface area contributed by atoms with Crippen LogP contribution in [-0.2, 0) is 0 Å². The average molecular weight is 385 g/mol. The van der Waals surface area contributed by atoms with Crippen LogP contribution in [0.3, 0.4) is 0 Å². The number of rotatable bonds is 5. The number of hydrogen-bond acceptors (Lipinski definition) is 1. The normalized spacial score (nSPS) is 46.8. The van der Waals surface area contributed by atoms with Crippen LogP contribution >= 0.6 is 0 Å². The maximum atomic E-state index is 10.3. The molecule has 0 spiro atoms. The predicted molar refractivity (Wildman–Crippen MR) is 119 cm³/mol. The van der Waals surface area contributed by atoms with E-state index in [0.717, 1.165) is 41.9 Å². The second kappa shape index (κ2) is 7.60. The molecule has 3 fully saturated rings. The Morgan fingerprint density at radius 1 is 0.929 bits per heavy atom. The van der Waals surface area contributed by atoms with Gasteiger partial charge in [0.2, 0.25) is 0 Å². The van der Waals surface area contributed by atoms with Gasteiger partial charge in [0.1, 0.15) is 0 Å². The van der Waals surface area contributed by atoms with Crippen LogP contribution in [0.25, 0.3) is 0 Å². The lowest BCUT2D eigenvalue weighted by Crippen LogP contribution is -2.51. The van der Waals surface area contributed by atoms with E-state index in [-0.39, 0.29) is 6.10 Å². The number of allylic oxidation sites excluding steroid dienone is 4. The summed E-state index contributed by atoms with van der Waals surface area (Å²) in [5, 5.41) is 10.3. The summed E-state index contributed by atoms with van der Waals surface area (Å²) in [6, 6.07) is 0. The van der Waals surface area contributed by atoms with Crippen LogP contribution in [-0.4, -0.2) is 11.2 Å². The van der Waals surface area contributed by atoms with Gasteiger partial charge in [-0.2, -0.15) is 0 Å². The van der Waals surface area contributed by atoms with Crippen LogP contribution in [0.15, 0.2) is 24.3 Å². The molecule has 1 heteroatoms. The number of hydrogen-bond donors (Lipinski definition) is 1. The van der Waals surface area contributed by atoms with Crippen molar-refractivity contribution in [3.05, 3.63) is 24.3 Å². The molecule has 4 aliphatic rings. The highest BCUT2D eigenvalue weighted by molar-refractivity contribution is 5.23. The highest BCUT2D eigenvalue weighted by Gasteiger charge is 2.59. The van der Waals surface area contributed by atoms with Gasteiger partial charge in [0, 0.05) is 0 Å². The topological polar surface area (TPSA) is 20.2 Å². The molecule has 0 aromatic heterocycles. The molecule has 0 heterocycles. The third-order valence-electron chi connectivity index (χ3n) is 10.2. The van der Waals surface area contributed by atoms with Crippen LogP contribution in [0.5, 0.6) is 0 Å². The van der Waals surface area contributed by atoms with Crippen LogP contribution in [0.4, 0.5) is 0 Å². The molecule has 28 heavy (non-hydrogen) atoms. The van der Waals surface area contributed by atoms with Crippen LogP contribution in [0.2, 0.25) is 0 Å². The van der Waals surface area contributed by atoms with E-state index in [1.54, 1.807) is 0 Å². The largest absolute Gasteiger partial charge is 0.393 e. The molecule has 158 valence electrons. The minimum Gasteiger partial charge on any atom is -0.393 e. The molecule has 0 bridgehead atoms. The lowest BCUT2D eigenvalue weighted by atomic mass is 9.46. The van der Waals surface area contributed by atoms with E-state index >= 15 is 0 Å². The molecule has 3 saturated carbocycles. The van der Waals surface area contributed by atoms with E-state index in [9.17, 15) is 5.11 Å². The first-order valence-electron chi connectivity index (χ1n) is 12.3. The Balaban J connectivity index is 1.48. The molecule has 0 aliphatic heterocycles. The van der Waals surface area contributed by atoms with Gasteiger partial charge in [0.05, 0.1) is 6.10 Å². The number of aliphatic hydroxyl groups is 1. The summed E-state index contributed by atoms with van der Waals surface area (Å²) in [6.45, 7) is 12.0. The van der Waals surface area contributed by atoms with Crippen molar-refractivity contribution in [2.24, 2.45) is 52.3 Å². The fraction of sp³-hybridized carbons (Fsp3) is 0.852. The number of aliphatic hydroxyl groups excluding tert-OH is 1. The van der Waals surface area contributed by atoms with Gasteiger partial charge in [-0.05, 0) is 104 Å². The quantitative estimate of drug-likeness (QED) is 0.540. The van der Waals surface area contributed by atoms with Crippen LogP contribution < -0.4 is 0 Å². The smallest absolute Gasteiger partial charge is 0.0563 e. The van der Waals surface area contributed by atoms with Crippen molar-refractivity contribution >= 4 is 0 Å². The maximum absolute atomic E-state index is 10.3. The van der Waals surface area contributed by atoms with Crippen molar-refractivity contribution in [1.82, 2.24) is 0 Å². The van der Waals surface area contributed by atoms with E-state index in [4.69, 9.17) is 0 Å². The van der Waals surface area contributed by atoms with Gasteiger partial charge in [0.25, 0.3) is 0 Å². The van der Waals surface area contributed by atoms with Crippen molar-refractivity contribution in [3.63, 3.8) is 0 Å². The minimum atomic E-state index is -0.121. The zero-order valence-electron chi connectivity index (χ0n) is 19.0. The summed E-state index contributed by atoms with van der Waals surface area (Å²) >= 11 is 0. The van der Waals surface area contributed by atoms with E-state index in [0.29, 0.717) is 16.7 Å². The monoisotopic (exact) mass is 384 g/mol. The molecule has 4 rings (SSSR count). The molecule has 0 radical (unpaired) electrons. The van der Waals surface area contributed by atoms with Crippen molar-refractivity contribution in [3.8, 4) is 0 Å². The fourth-order valence-electron chi connectivity index (χ4n) is 8.38. The highest BCUT2D eigenvalue weighted by atomic mass is 16.3. The van der Waals surface area contributed by atoms with Gasteiger partial charge in [0.15, 0.2) is 0 Å². The first-order valence-corrected chi connectivity index (χ1v) is 12.3. The van der Waals surface area contributed by atoms with Gasteiger partial charge < -0.3 is 5.11 Å². The molecular weight excluding hydrogens is 340 g/mol. The summed E-state index contributed by atoms with van der Waals surface area (Å²) in [7, 11) is 0. The summed E-state index contributed by atoms with van der Waals surface area (Å²) in [5.74, 6) is 5.55. The molecule has 4 aliphatic carbocycles. The fourth-order valence-corrected chi connectivity index (χ4v) is 8.38. The Hall–Kier alpha value is -0.560. The average Bonchev–Trinajstić information content (AvgIpc) is 3.02. The van der Waals surface area contributed by atoms with Gasteiger partial charge in [-0.3, -0.25) is 0 Å². The Bertz CT molecular complexity index is 618. The Kier molecular flexibility index (Phi) is 5.62. The Morgan fingerprint density at radius 3 is 2.46 bits per heavy atom. The van der Waals surface area contributed by atoms with Crippen molar-refractivity contribution in [1.29, 1.82) is 0 Å². The summed E-state index contributed by atoms with van der Waals surface area (Å²) in [4.78, 5) is 0. The molecule has 0 amide bonds. The van der Waals surface area contributed by atoms with Crippen LogP contribution in [0.1, 0.15) is 86.0 Å². The summed E-state index contributed by atoms with van der Waals surface area (Å²) in [5.41, 5.74) is 0.949. The zero-order chi connectivity index (χ0) is 20.1. The van der Waals surface area contributed by atoms with E-state index in [1.807, 2.05) is 0 Å². The lowest BCUT2D eigenvalue weighted by Gasteiger charge is -2.58. The third kappa shape index (κ3) is 3.24. The summed E-state index contributed by atoms with van der Waals surface area (Å²) in [6.07, 6.45) is 20.4. The van der Waals surface area contributed by atoms with Crippen molar-refractivity contribution in [2.75, 3.05) is 0 Å². The molecule has 0 aromatic rings. The highest BCUT2D eigenvalue weighted by Crippen LogP contribution is 2.67. The Labute approximate surface area is 174 Å². The third-order valence-corrected chi connectivity index (χ3v) is 10.2. The van der Waals surface area contributed by atoms with E-state index in [2.05, 4.69) is 58.9 Å². The van der Waals surface area contributed by atoms with Gasteiger partial charge in [-0.1, -0.05) is 58.9 Å². The van der Waals surface area contributed by atoms with Gasteiger partial charge >= 0.3 is 0 Å². The Morgan fingerprint density at radius 2 is 1.71 bits per heavy atom. The second-order valence-electron chi connectivity index (χ2n) is 11.8. The molecule has 1 nitrogen and oxygen atoms in total. The van der Waals surface area contributed by atoms with Gasteiger partial charge in [-0.25, -0.2) is 0 Å². The molecule has 1 N–H and O–H groups in total. The number of fused-ring (bicyclic) bond motifs is 5. The zero-order valence-corrected chi connectivity index (χ0v) is 19.0. The van der Waals surface area contributed by atoms with Gasteiger partial charge in [-0.15, -0.1) is 0 Å². The standard InChI is InChI=1S/C27H44O/c1-18(2)25(28)14-9-19(3)22-12-13-23-21-11-10-20-8-6-7-16-26(20,4)24(21)15-17-27(22,23)5/h6-8,16,18-25,28H,9-15,17H2,1-5H3/t19-,20?,21+,22-,23+,24+,25?,26+,27-/m1/s1. The first kappa shape index (κ1) is 20.7. The molecule has 2 unspecified atom stereocenters. The van der Waals surface area contributed by atoms with E-state index < -0.39 is 0 Å². The van der Waals surface area contributed by atoms with Crippen LogP contribution in [0, 0.1) is 52.3 Å². The minimum absolute atomic E-state index is 0.121. The summed E-state index contributed by atoms with van der Waals surface area (Å²) < 4.78 is 0. The maximum Gasteiger partial charge on any atom is 0.0563 e. The van der Waals surface area contributed by atoms with E-state index in [1.165, 1.54) is 44.9 Å².